The Bertz CT molecular complexity index is 664. The van der Waals surface area contributed by atoms with Crippen molar-refractivity contribution in [2.45, 2.75) is 25.3 Å². The Hall–Kier alpha value is -2.56. The topological polar surface area (TPSA) is 71.3 Å². The largest absolute Gasteiger partial charge is 0.459 e. The van der Waals surface area contributed by atoms with Crippen molar-refractivity contribution in [2.75, 3.05) is 6.54 Å². The van der Waals surface area contributed by atoms with Gasteiger partial charge in [0.25, 0.3) is 5.91 Å². The van der Waals surface area contributed by atoms with E-state index in [0.717, 1.165) is 19.3 Å². The Morgan fingerprint density at radius 2 is 2.05 bits per heavy atom. The van der Waals surface area contributed by atoms with Crippen molar-refractivity contribution in [1.82, 2.24) is 10.6 Å². The highest BCUT2D eigenvalue weighted by molar-refractivity contribution is 5.94. The highest BCUT2D eigenvalue weighted by Gasteiger charge is 2.21. The Kier molecular flexibility index (Phi) is 4.23. The Balaban J connectivity index is 1.55. The first-order valence-electron chi connectivity index (χ1n) is 7.43. The zero-order valence-corrected chi connectivity index (χ0v) is 12.2. The van der Waals surface area contributed by atoms with Crippen molar-refractivity contribution < 1.29 is 14.0 Å². The molecule has 0 spiro atoms. The molecule has 2 N–H and O–H groups in total. The second-order valence-electron chi connectivity index (χ2n) is 5.37. The first-order chi connectivity index (χ1) is 10.7. The summed E-state index contributed by atoms with van der Waals surface area (Å²) in [5, 5.41) is 5.55. The minimum Gasteiger partial charge on any atom is -0.459 e. The van der Waals surface area contributed by atoms with E-state index in [9.17, 15) is 9.59 Å². The monoisotopic (exact) mass is 298 g/mol. The smallest absolute Gasteiger partial charge is 0.287 e. The highest BCUT2D eigenvalue weighted by Crippen LogP contribution is 2.29. The van der Waals surface area contributed by atoms with Gasteiger partial charge >= 0.3 is 0 Å². The first-order valence-corrected chi connectivity index (χ1v) is 7.43. The van der Waals surface area contributed by atoms with Crippen molar-refractivity contribution in [2.24, 2.45) is 0 Å². The molecule has 0 saturated carbocycles. The Morgan fingerprint density at radius 3 is 2.86 bits per heavy atom. The third kappa shape index (κ3) is 3.19. The number of fused-ring (bicyclic) bond motifs is 1. The maximum absolute atomic E-state index is 12.0. The number of rotatable bonds is 4. The lowest BCUT2D eigenvalue weighted by Gasteiger charge is -2.26. The summed E-state index contributed by atoms with van der Waals surface area (Å²) in [6.07, 6.45) is 4.46. The van der Waals surface area contributed by atoms with Crippen molar-refractivity contribution in [3.05, 3.63) is 59.5 Å². The highest BCUT2D eigenvalue weighted by atomic mass is 16.3. The predicted molar refractivity (Wildman–Crippen MR) is 81.3 cm³/mol. The third-order valence-corrected chi connectivity index (χ3v) is 3.86. The predicted octanol–water partition coefficient (Wildman–Crippen LogP) is 2.20. The average molecular weight is 298 g/mol. The molecule has 1 atom stereocenters. The van der Waals surface area contributed by atoms with Gasteiger partial charge in [0.1, 0.15) is 0 Å². The molecule has 0 bridgehead atoms. The van der Waals surface area contributed by atoms with E-state index in [4.69, 9.17) is 4.42 Å². The lowest BCUT2D eigenvalue weighted by atomic mass is 9.88. The van der Waals surface area contributed by atoms with E-state index in [0.29, 0.717) is 0 Å². The fourth-order valence-corrected chi connectivity index (χ4v) is 2.80. The van der Waals surface area contributed by atoms with E-state index in [-0.39, 0.29) is 30.2 Å². The molecule has 1 aliphatic rings. The lowest BCUT2D eigenvalue weighted by Crippen LogP contribution is -2.39. The van der Waals surface area contributed by atoms with Crippen LogP contribution in [0.3, 0.4) is 0 Å². The molecular weight excluding hydrogens is 280 g/mol. The number of hydrogen-bond donors (Lipinski definition) is 2. The average Bonchev–Trinajstić information content (AvgIpc) is 3.07. The molecule has 1 aromatic heterocycles. The SMILES string of the molecule is O=C(CNC(=O)c1ccco1)N[C@H]1CCCc2ccccc21. The van der Waals surface area contributed by atoms with Gasteiger partial charge in [-0.1, -0.05) is 24.3 Å². The van der Waals surface area contributed by atoms with Crippen LogP contribution in [0.2, 0.25) is 0 Å². The van der Waals surface area contributed by atoms with Crippen LogP contribution >= 0.6 is 0 Å². The molecule has 2 aromatic rings. The molecule has 0 aliphatic heterocycles. The van der Waals surface area contributed by atoms with Crippen LogP contribution in [0, 0.1) is 0 Å². The zero-order valence-electron chi connectivity index (χ0n) is 12.2. The summed E-state index contributed by atoms with van der Waals surface area (Å²) in [6.45, 7) is -0.0573. The van der Waals surface area contributed by atoms with E-state index in [2.05, 4.69) is 22.8 Å². The number of hydrogen-bond acceptors (Lipinski definition) is 3. The summed E-state index contributed by atoms with van der Waals surface area (Å²) in [6, 6.07) is 11.4. The van der Waals surface area contributed by atoms with E-state index in [1.54, 1.807) is 12.1 Å². The van der Waals surface area contributed by atoms with Crippen molar-refractivity contribution >= 4 is 11.8 Å². The molecule has 5 nitrogen and oxygen atoms in total. The number of carbonyl (C=O) groups is 2. The number of amides is 2. The summed E-state index contributed by atoms with van der Waals surface area (Å²) in [7, 11) is 0. The van der Waals surface area contributed by atoms with Gasteiger partial charge in [0.2, 0.25) is 5.91 Å². The third-order valence-electron chi connectivity index (χ3n) is 3.86. The molecule has 114 valence electrons. The van der Waals surface area contributed by atoms with Crippen LogP contribution in [0.5, 0.6) is 0 Å². The first kappa shape index (κ1) is 14.4. The van der Waals surface area contributed by atoms with Crippen LogP contribution in [0.4, 0.5) is 0 Å². The van der Waals surface area contributed by atoms with Gasteiger partial charge in [-0.2, -0.15) is 0 Å². The van der Waals surface area contributed by atoms with E-state index in [1.807, 2.05) is 12.1 Å². The lowest BCUT2D eigenvalue weighted by molar-refractivity contribution is -0.121. The fourth-order valence-electron chi connectivity index (χ4n) is 2.80. The Morgan fingerprint density at radius 1 is 1.18 bits per heavy atom. The summed E-state index contributed by atoms with van der Waals surface area (Å²) in [5.74, 6) is -0.374. The molecule has 22 heavy (non-hydrogen) atoms. The summed E-state index contributed by atoms with van der Waals surface area (Å²) < 4.78 is 4.98. The van der Waals surface area contributed by atoms with Crippen molar-refractivity contribution in [3.63, 3.8) is 0 Å². The van der Waals surface area contributed by atoms with Gasteiger partial charge in [-0.15, -0.1) is 0 Å². The van der Waals surface area contributed by atoms with Gasteiger partial charge in [0.15, 0.2) is 5.76 Å². The van der Waals surface area contributed by atoms with Gasteiger partial charge in [0.05, 0.1) is 18.8 Å². The molecule has 1 aromatic carbocycles. The number of furan rings is 1. The van der Waals surface area contributed by atoms with Crippen molar-refractivity contribution in [3.8, 4) is 0 Å². The maximum atomic E-state index is 12.0. The van der Waals surface area contributed by atoms with Gasteiger partial charge in [-0.25, -0.2) is 0 Å². The molecule has 0 radical (unpaired) electrons. The van der Waals surface area contributed by atoms with Crippen LogP contribution in [0.1, 0.15) is 40.6 Å². The molecule has 1 heterocycles. The van der Waals surface area contributed by atoms with E-state index >= 15 is 0 Å². The second kappa shape index (κ2) is 6.47. The number of carbonyl (C=O) groups excluding carboxylic acids is 2. The van der Waals surface area contributed by atoms with Crippen LogP contribution in [-0.4, -0.2) is 18.4 Å². The normalized spacial score (nSPS) is 16.6. The minimum atomic E-state index is -0.385. The van der Waals surface area contributed by atoms with E-state index < -0.39 is 0 Å². The standard InChI is InChI=1S/C17H18N2O3/c20-16(11-18-17(21)15-9-4-10-22-15)19-14-8-3-6-12-5-1-2-7-13(12)14/h1-2,4-5,7,9-10,14H,3,6,8,11H2,(H,18,21)(H,19,20)/t14-/m0/s1. The van der Waals surface area contributed by atoms with Crippen LogP contribution < -0.4 is 10.6 Å². The molecule has 3 rings (SSSR count). The molecule has 2 amide bonds. The fraction of sp³-hybridized carbons (Fsp3) is 0.294. The van der Waals surface area contributed by atoms with Crippen LogP contribution in [0.25, 0.3) is 0 Å². The zero-order chi connectivity index (χ0) is 15.4. The van der Waals surface area contributed by atoms with Gasteiger partial charge < -0.3 is 15.1 Å². The second-order valence-corrected chi connectivity index (χ2v) is 5.37. The van der Waals surface area contributed by atoms with Crippen LogP contribution in [-0.2, 0) is 11.2 Å². The number of aryl methyl sites for hydroxylation is 1. The number of nitrogens with one attached hydrogen (secondary N) is 2. The molecule has 5 heteroatoms. The van der Waals surface area contributed by atoms with Crippen molar-refractivity contribution in [1.29, 1.82) is 0 Å². The summed E-state index contributed by atoms with van der Waals surface area (Å²) >= 11 is 0. The van der Waals surface area contributed by atoms with Gasteiger partial charge in [0, 0.05) is 0 Å². The summed E-state index contributed by atoms with van der Waals surface area (Å²) in [5.41, 5.74) is 2.47. The molecular formula is C17H18N2O3. The van der Waals surface area contributed by atoms with Crippen LogP contribution in [0.15, 0.2) is 47.1 Å². The van der Waals surface area contributed by atoms with Gasteiger partial charge in [-0.05, 0) is 42.5 Å². The van der Waals surface area contributed by atoms with E-state index in [1.165, 1.54) is 17.4 Å². The molecule has 0 saturated heterocycles. The van der Waals surface area contributed by atoms with Gasteiger partial charge in [-0.3, -0.25) is 9.59 Å². The summed E-state index contributed by atoms with van der Waals surface area (Å²) in [4.78, 5) is 23.8. The molecule has 0 unspecified atom stereocenters. The Labute approximate surface area is 128 Å². The minimum absolute atomic E-state index is 0.0259. The molecule has 1 aliphatic carbocycles. The molecule has 0 fully saturated rings. The quantitative estimate of drug-likeness (QED) is 0.909. The number of benzene rings is 1. The maximum Gasteiger partial charge on any atom is 0.287 e.